The van der Waals surface area contributed by atoms with E-state index in [1.54, 1.807) is 4.31 Å². The molecule has 0 radical (unpaired) electrons. The van der Waals surface area contributed by atoms with E-state index in [1.165, 1.54) is 24.5 Å². The predicted octanol–water partition coefficient (Wildman–Crippen LogP) is 2.25. The lowest BCUT2D eigenvalue weighted by atomic mass is 9.91. The molecule has 0 atom stereocenters. The van der Waals surface area contributed by atoms with E-state index >= 15 is 0 Å². The van der Waals surface area contributed by atoms with Crippen LogP contribution < -0.4 is 5.32 Å². The van der Waals surface area contributed by atoms with Gasteiger partial charge in [0.15, 0.2) is 10.8 Å². The minimum atomic E-state index is -3.07. The van der Waals surface area contributed by atoms with E-state index in [-0.39, 0.29) is 5.91 Å². The molecule has 1 amide bonds. The van der Waals surface area contributed by atoms with Crippen LogP contribution in [0.1, 0.15) is 44.2 Å². The predicted molar refractivity (Wildman–Crippen MR) is 115 cm³/mol. The zero-order valence-electron chi connectivity index (χ0n) is 16.8. The molecule has 0 bridgehead atoms. The fourth-order valence-corrected chi connectivity index (χ4v) is 6.09. The molecule has 2 aliphatic rings. The molecule has 8 nitrogen and oxygen atoms in total. The molecule has 29 heavy (non-hydrogen) atoms. The van der Waals surface area contributed by atoms with Gasteiger partial charge < -0.3 is 10.2 Å². The van der Waals surface area contributed by atoms with Crippen molar-refractivity contribution in [3.05, 3.63) is 17.8 Å². The SMILES string of the molecule is CC(=O)Nc1nc2nc(C3CCN(C4CCN(S(C)(=O)=O)CC4)CC3)ccc2s1. The van der Waals surface area contributed by atoms with Crippen LogP contribution in [0.25, 0.3) is 10.3 Å². The van der Waals surface area contributed by atoms with Crippen molar-refractivity contribution in [1.82, 2.24) is 19.2 Å². The highest BCUT2D eigenvalue weighted by molar-refractivity contribution is 7.88. The number of pyridine rings is 1. The fourth-order valence-electron chi connectivity index (χ4n) is 4.36. The molecule has 0 aromatic carbocycles. The molecule has 0 unspecified atom stereocenters. The topological polar surface area (TPSA) is 95.5 Å². The number of carbonyl (C=O) groups excluding carboxylic acids is 1. The molecule has 1 N–H and O–H groups in total. The summed E-state index contributed by atoms with van der Waals surface area (Å²) in [4.78, 5) is 22.9. The number of aromatic nitrogens is 2. The zero-order valence-corrected chi connectivity index (χ0v) is 18.4. The van der Waals surface area contributed by atoms with Crippen molar-refractivity contribution in [2.75, 3.05) is 37.8 Å². The molecule has 2 fully saturated rings. The molecule has 0 saturated carbocycles. The number of thiazole rings is 1. The summed E-state index contributed by atoms with van der Waals surface area (Å²) in [5, 5.41) is 3.32. The average Bonchev–Trinajstić information content (AvgIpc) is 3.08. The lowest BCUT2D eigenvalue weighted by Crippen LogP contribution is -2.48. The Balaban J connectivity index is 1.35. The lowest BCUT2D eigenvalue weighted by Gasteiger charge is -2.41. The van der Waals surface area contributed by atoms with Crippen LogP contribution in [-0.4, -0.2) is 72.0 Å². The van der Waals surface area contributed by atoms with Crippen LogP contribution >= 0.6 is 11.3 Å². The highest BCUT2D eigenvalue weighted by atomic mass is 32.2. The number of fused-ring (bicyclic) bond motifs is 1. The number of likely N-dealkylation sites (tertiary alicyclic amines) is 1. The third-order valence-corrected chi connectivity index (χ3v) is 8.14. The summed E-state index contributed by atoms with van der Waals surface area (Å²) < 4.78 is 26.0. The van der Waals surface area contributed by atoms with Gasteiger partial charge in [-0.25, -0.2) is 17.7 Å². The second-order valence-corrected chi connectivity index (χ2v) is 11.0. The summed E-state index contributed by atoms with van der Waals surface area (Å²) in [5.41, 5.74) is 1.77. The van der Waals surface area contributed by atoms with E-state index < -0.39 is 10.0 Å². The Morgan fingerprint density at radius 2 is 1.79 bits per heavy atom. The Morgan fingerprint density at radius 1 is 1.10 bits per heavy atom. The van der Waals surface area contributed by atoms with Gasteiger partial charge in [0.05, 0.1) is 11.0 Å². The first-order valence-corrected chi connectivity index (χ1v) is 12.7. The van der Waals surface area contributed by atoms with Crippen molar-refractivity contribution in [3.8, 4) is 0 Å². The summed E-state index contributed by atoms with van der Waals surface area (Å²) in [7, 11) is -3.07. The number of piperidine rings is 2. The second kappa shape index (κ2) is 8.25. The van der Waals surface area contributed by atoms with E-state index in [9.17, 15) is 13.2 Å². The summed E-state index contributed by atoms with van der Waals surface area (Å²) in [6.07, 6.45) is 5.21. The van der Waals surface area contributed by atoms with Crippen LogP contribution in [0.2, 0.25) is 0 Å². The Labute approximate surface area is 175 Å². The summed E-state index contributed by atoms with van der Waals surface area (Å²) in [6.45, 7) is 4.76. The van der Waals surface area contributed by atoms with Crippen LogP contribution in [0.5, 0.6) is 0 Å². The molecule has 2 aromatic rings. The van der Waals surface area contributed by atoms with Crippen molar-refractivity contribution < 1.29 is 13.2 Å². The van der Waals surface area contributed by atoms with Crippen LogP contribution in [0.3, 0.4) is 0 Å². The smallest absolute Gasteiger partial charge is 0.223 e. The molecule has 158 valence electrons. The van der Waals surface area contributed by atoms with Crippen molar-refractivity contribution in [2.45, 2.75) is 44.6 Å². The number of anilines is 1. The number of nitrogens with zero attached hydrogens (tertiary/aromatic N) is 4. The van der Waals surface area contributed by atoms with E-state index in [4.69, 9.17) is 4.98 Å². The standard InChI is InChI=1S/C19H27N5O3S2/c1-13(25)20-19-22-18-17(28-19)4-3-16(21-18)14-5-9-23(10-6-14)15-7-11-24(12-8-15)29(2,26)27/h3-4,14-15H,5-12H2,1-2H3,(H,20,21,22,25). The summed E-state index contributed by atoms with van der Waals surface area (Å²) in [5.74, 6) is 0.289. The van der Waals surface area contributed by atoms with Gasteiger partial charge in [-0.3, -0.25) is 4.79 Å². The van der Waals surface area contributed by atoms with Crippen molar-refractivity contribution >= 4 is 42.7 Å². The Hall–Kier alpha value is -1.62. The van der Waals surface area contributed by atoms with Gasteiger partial charge in [0.25, 0.3) is 0 Å². The molecule has 2 aliphatic heterocycles. The number of hydrogen-bond donors (Lipinski definition) is 1. The average molecular weight is 438 g/mol. The first kappa shape index (κ1) is 20.6. The molecule has 0 aliphatic carbocycles. The Morgan fingerprint density at radius 3 is 2.41 bits per heavy atom. The largest absolute Gasteiger partial charge is 0.302 e. The van der Waals surface area contributed by atoms with E-state index in [0.29, 0.717) is 35.8 Å². The van der Waals surface area contributed by atoms with Gasteiger partial charge in [-0.2, -0.15) is 4.98 Å². The number of hydrogen-bond acceptors (Lipinski definition) is 7. The highest BCUT2D eigenvalue weighted by Crippen LogP contribution is 2.32. The third kappa shape index (κ3) is 4.76. The molecular formula is C19H27N5O3S2. The molecule has 0 spiro atoms. The van der Waals surface area contributed by atoms with Gasteiger partial charge in [0, 0.05) is 37.7 Å². The van der Waals surface area contributed by atoms with Crippen molar-refractivity contribution in [1.29, 1.82) is 0 Å². The second-order valence-electron chi connectivity index (χ2n) is 7.96. The summed E-state index contributed by atoms with van der Waals surface area (Å²) >= 11 is 1.44. The zero-order chi connectivity index (χ0) is 20.6. The molecule has 2 aromatic heterocycles. The Bertz CT molecular complexity index is 990. The normalized spacial score (nSPS) is 20.9. The minimum absolute atomic E-state index is 0.126. The maximum atomic E-state index is 11.7. The van der Waals surface area contributed by atoms with Crippen LogP contribution in [0.4, 0.5) is 5.13 Å². The number of amides is 1. The van der Waals surface area contributed by atoms with Gasteiger partial charge in [-0.05, 0) is 50.9 Å². The van der Waals surface area contributed by atoms with Crippen LogP contribution in [0, 0.1) is 0 Å². The number of sulfonamides is 1. The molecule has 4 heterocycles. The molecule has 4 rings (SSSR count). The van der Waals surface area contributed by atoms with Gasteiger partial charge in [-0.15, -0.1) is 0 Å². The minimum Gasteiger partial charge on any atom is -0.302 e. The first-order chi connectivity index (χ1) is 13.8. The van der Waals surface area contributed by atoms with Crippen LogP contribution in [0.15, 0.2) is 12.1 Å². The first-order valence-electron chi connectivity index (χ1n) is 10.0. The maximum absolute atomic E-state index is 11.7. The van der Waals surface area contributed by atoms with E-state index in [1.807, 2.05) is 6.07 Å². The molecular weight excluding hydrogens is 410 g/mol. The van der Waals surface area contributed by atoms with Gasteiger partial charge >= 0.3 is 0 Å². The van der Waals surface area contributed by atoms with Gasteiger partial charge in [0.2, 0.25) is 15.9 Å². The van der Waals surface area contributed by atoms with Crippen LogP contribution in [-0.2, 0) is 14.8 Å². The van der Waals surface area contributed by atoms with Crippen molar-refractivity contribution in [3.63, 3.8) is 0 Å². The third-order valence-electron chi connectivity index (χ3n) is 5.91. The van der Waals surface area contributed by atoms with E-state index in [2.05, 4.69) is 21.3 Å². The maximum Gasteiger partial charge on any atom is 0.223 e. The van der Waals surface area contributed by atoms with Gasteiger partial charge in [-0.1, -0.05) is 11.3 Å². The van der Waals surface area contributed by atoms with Gasteiger partial charge in [0.1, 0.15) is 0 Å². The number of nitrogens with one attached hydrogen (secondary N) is 1. The monoisotopic (exact) mass is 437 g/mol. The van der Waals surface area contributed by atoms with E-state index in [0.717, 1.165) is 49.2 Å². The number of carbonyl (C=O) groups is 1. The fraction of sp³-hybridized carbons (Fsp3) is 0.632. The molecule has 2 saturated heterocycles. The summed E-state index contributed by atoms with van der Waals surface area (Å²) in [6, 6.07) is 4.61. The highest BCUT2D eigenvalue weighted by Gasteiger charge is 2.31. The van der Waals surface area contributed by atoms with Crippen molar-refractivity contribution in [2.24, 2.45) is 0 Å². The quantitative estimate of drug-likeness (QED) is 0.788. The Kier molecular flexibility index (Phi) is 5.87. The molecule has 10 heteroatoms. The lowest BCUT2D eigenvalue weighted by molar-refractivity contribution is -0.114. The number of rotatable bonds is 4.